The Labute approximate surface area is 136 Å². The van der Waals surface area contributed by atoms with Crippen molar-refractivity contribution < 1.29 is 9.84 Å². The quantitative estimate of drug-likeness (QED) is 0.830. The Balaban J connectivity index is 1.54. The minimum absolute atomic E-state index is 0.347. The summed E-state index contributed by atoms with van der Waals surface area (Å²) >= 11 is 3.58. The van der Waals surface area contributed by atoms with Gasteiger partial charge < -0.3 is 9.84 Å². The maximum absolute atomic E-state index is 8.96. The van der Waals surface area contributed by atoms with Crippen LogP contribution in [0.4, 0.5) is 0 Å². The van der Waals surface area contributed by atoms with Crippen LogP contribution in [0.25, 0.3) is 0 Å². The lowest BCUT2D eigenvalue weighted by Gasteiger charge is -2.18. The highest BCUT2D eigenvalue weighted by Crippen LogP contribution is 2.49. The zero-order valence-electron chi connectivity index (χ0n) is 12.7. The second-order valence-electron chi connectivity index (χ2n) is 6.80. The summed E-state index contributed by atoms with van der Waals surface area (Å²) in [6, 6.07) is 6.20. The first-order chi connectivity index (χ1) is 10.2. The van der Waals surface area contributed by atoms with Crippen molar-refractivity contribution in [1.29, 1.82) is 0 Å². The molecule has 0 heterocycles. The maximum atomic E-state index is 8.96. The summed E-state index contributed by atoms with van der Waals surface area (Å²) in [5.74, 6) is 3.59. The zero-order valence-corrected chi connectivity index (χ0v) is 14.3. The standard InChI is InChI=1S/C18H25BrO2/c1-12-17(19)5-2-6-18(12)21-16-10-14-8-13(4-3-7-20)9-15(14)11-16/h2,5-6,13-16,20H,3-4,7-11H2,1H3/t13?,14-,15+,16?. The van der Waals surface area contributed by atoms with E-state index in [-0.39, 0.29) is 0 Å². The van der Waals surface area contributed by atoms with E-state index in [1.54, 1.807) is 0 Å². The van der Waals surface area contributed by atoms with Crippen molar-refractivity contribution in [3.05, 3.63) is 28.2 Å². The molecule has 0 saturated heterocycles. The first-order valence-electron chi connectivity index (χ1n) is 8.20. The van der Waals surface area contributed by atoms with Crippen LogP contribution in [-0.2, 0) is 0 Å². The van der Waals surface area contributed by atoms with Crippen molar-refractivity contribution in [2.75, 3.05) is 6.61 Å². The summed E-state index contributed by atoms with van der Waals surface area (Å²) in [7, 11) is 0. The normalized spacial score (nSPS) is 31.4. The molecule has 2 aliphatic rings. The van der Waals surface area contributed by atoms with E-state index >= 15 is 0 Å². The van der Waals surface area contributed by atoms with Crippen molar-refractivity contribution in [1.82, 2.24) is 0 Å². The highest BCUT2D eigenvalue weighted by atomic mass is 79.9. The van der Waals surface area contributed by atoms with Gasteiger partial charge in [-0.25, -0.2) is 0 Å². The van der Waals surface area contributed by atoms with E-state index in [9.17, 15) is 0 Å². The molecule has 1 aromatic rings. The largest absolute Gasteiger partial charge is 0.490 e. The summed E-state index contributed by atoms with van der Waals surface area (Å²) in [6.45, 7) is 2.46. The van der Waals surface area contributed by atoms with E-state index < -0.39 is 0 Å². The fourth-order valence-electron chi connectivity index (χ4n) is 4.29. The van der Waals surface area contributed by atoms with Gasteiger partial charge in [0.1, 0.15) is 5.75 Å². The number of hydrogen-bond donors (Lipinski definition) is 1. The maximum Gasteiger partial charge on any atom is 0.123 e. The molecule has 1 aromatic carbocycles. The lowest BCUT2D eigenvalue weighted by atomic mass is 9.98. The van der Waals surface area contributed by atoms with Crippen molar-refractivity contribution >= 4 is 15.9 Å². The van der Waals surface area contributed by atoms with E-state index in [1.165, 1.54) is 37.7 Å². The third kappa shape index (κ3) is 3.45. The molecule has 0 aromatic heterocycles. The smallest absolute Gasteiger partial charge is 0.123 e. The van der Waals surface area contributed by atoms with Crippen LogP contribution in [0.5, 0.6) is 5.75 Å². The topological polar surface area (TPSA) is 29.5 Å². The molecule has 2 fully saturated rings. The Kier molecular flexibility index (Phi) is 4.90. The van der Waals surface area contributed by atoms with Crippen LogP contribution in [0.15, 0.2) is 22.7 Å². The van der Waals surface area contributed by atoms with Crippen LogP contribution >= 0.6 is 15.9 Å². The van der Waals surface area contributed by atoms with E-state index in [0.29, 0.717) is 12.7 Å². The zero-order chi connectivity index (χ0) is 14.8. The predicted octanol–water partition coefficient (Wildman–Crippen LogP) is 4.71. The average Bonchev–Trinajstić information content (AvgIpc) is 2.99. The van der Waals surface area contributed by atoms with Crippen LogP contribution in [0.3, 0.4) is 0 Å². The Morgan fingerprint density at radius 1 is 1.19 bits per heavy atom. The predicted molar refractivity (Wildman–Crippen MR) is 88.6 cm³/mol. The second kappa shape index (κ2) is 6.70. The number of halogens is 1. The fraction of sp³-hybridized carbons (Fsp3) is 0.667. The number of benzene rings is 1. The third-order valence-electron chi connectivity index (χ3n) is 5.35. The van der Waals surface area contributed by atoms with E-state index in [2.05, 4.69) is 35.0 Å². The van der Waals surface area contributed by atoms with Crippen molar-refractivity contribution in [3.63, 3.8) is 0 Å². The van der Waals surface area contributed by atoms with Gasteiger partial charge in [-0.1, -0.05) is 22.0 Å². The molecule has 21 heavy (non-hydrogen) atoms. The molecular weight excluding hydrogens is 328 g/mol. The van der Waals surface area contributed by atoms with Crippen LogP contribution in [0.2, 0.25) is 0 Å². The molecule has 0 spiro atoms. The van der Waals surface area contributed by atoms with Gasteiger partial charge in [-0.05, 0) is 75.3 Å². The lowest BCUT2D eigenvalue weighted by molar-refractivity contribution is 0.191. The molecule has 4 atom stereocenters. The van der Waals surface area contributed by atoms with Gasteiger partial charge in [-0.15, -0.1) is 0 Å². The molecule has 0 amide bonds. The Bertz CT molecular complexity index is 474. The highest BCUT2D eigenvalue weighted by Gasteiger charge is 2.42. The molecule has 2 unspecified atom stereocenters. The van der Waals surface area contributed by atoms with Crippen LogP contribution < -0.4 is 4.74 Å². The first kappa shape index (κ1) is 15.4. The van der Waals surface area contributed by atoms with Gasteiger partial charge in [0, 0.05) is 16.6 Å². The molecule has 3 heteroatoms. The summed E-state index contributed by atoms with van der Waals surface area (Å²) in [5, 5.41) is 8.96. The molecule has 2 aliphatic carbocycles. The molecule has 2 saturated carbocycles. The highest BCUT2D eigenvalue weighted by molar-refractivity contribution is 9.10. The van der Waals surface area contributed by atoms with E-state index in [4.69, 9.17) is 9.84 Å². The average molecular weight is 353 g/mol. The Hall–Kier alpha value is -0.540. The number of hydrogen-bond acceptors (Lipinski definition) is 2. The molecule has 0 radical (unpaired) electrons. The first-order valence-corrected chi connectivity index (χ1v) is 8.99. The Morgan fingerprint density at radius 2 is 1.90 bits per heavy atom. The van der Waals surface area contributed by atoms with Crippen LogP contribution in [0, 0.1) is 24.7 Å². The van der Waals surface area contributed by atoms with Crippen LogP contribution in [-0.4, -0.2) is 17.8 Å². The number of aliphatic hydroxyl groups excluding tert-OH is 1. The van der Waals surface area contributed by atoms with Gasteiger partial charge >= 0.3 is 0 Å². The molecule has 2 nitrogen and oxygen atoms in total. The van der Waals surface area contributed by atoms with Crippen molar-refractivity contribution in [2.45, 2.75) is 51.6 Å². The third-order valence-corrected chi connectivity index (χ3v) is 6.21. The molecule has 116 valence electrons. The van der Waals surface area contributed by atoms with E-state index in [0.717, 1.165) is 34.4 Å². The van der Waals surface area contributed by atoms with Gasteiger partial charge in [-0.3, -0.25) is 0 Å². The minimum atomic E-state index is 0.347. The lowest BCUT2D eigenvalue weighted by Crippen LogP contribution is -2.14. The Morgan fingerprint density at radius 3 is 2.57 bits per heavy atom. The fourth-order valence-corrected chi connectivity index (χ4v) is 4.64. The summed E-state index contributed by atoms with van der Waals surface area (Å²) in [4.78, 5) is 0. The number of ether oxygens (including phenoxy) is 1. The van der Waals surface area contributed by atoms with Crippen molar-refractivity contribution in [2.24, 2.45) is 17.8 Å². The van der Waals surface area contributed by atoms with Gasteiger partial charge in [0.2, 0.25) is 0 Å². The minimum Gasteiger partial charge on any atom is -0.490 e. The monoisotopic (exact) mass is 352 g/mol. The van der Waals surface area contributed by atoms with E-state index in [1.807, 2.05) is 6.07 Å². The molecule has 3 rings (SSSR count). The summed E-state index contributed by atoms with van der Waals surface area (Å²) in [6.07, 6.45) is 7.70. The summed E-state index contributed by atoms with van der Waals surface area (Å²) < 4.78 is 7.40. The second-order valence-corrected chi connectivity index (χ2v) is 7.65. The molecule has 1 N–H and O–H groups in total. The van der Waals surface area contributed by atoms with Crippen LogP contribution in [0.1, 0.15) is 44.1 Å². The molecule has 0 bridgehead atoms. The summed E-state index contributed by atoms with van der Waals surface area (Å²) in [5.41, 5.74) is 1.20. The van der Waals surface area contributed by atoms with Gasteiger partial charge in [0.25, 0.3) is 0 Å². The molecule has 0 aliphatic heterocycles. The number of fused-ring (bicyclic) bond motifs is 1. The number of aliphatic hydroxyl groups is 1. The molecular formula is C18H25BrO2. The number of rotatable bonds is 5. The van der Waals surface area contributed by atoms with Gasteiger partial charge in [-0.2, -0.15) is 0 Å². The van der Waals surface area contributed by atoms with Gasteiger partial charge in [0.05, 0.1) is 6.10 Å². The van der Waals surface area contributed by atoms with Gasteiger partial charge in [0.15, 0.2) is 0 Å². The SMILES string of the molecule is Cc1c(Br)cccc1OC1C[C@H]2CC(CCCO)C[C@H]2C1. The van der Waals surface area contributed by atoms with Crippen molar-refractivity contribution in [3.8, 4) is 5.75 Å².